The summed E-state index contributed by atoms with van der Waals surface area (Å²) in [6.45, 7) is 4.49. The number of amides is 2. The number of hydrogen-bond acceptors (Lipinski definition) is 4. The Morgan fingerprint density at radius 1 is 1.29 bits per heavy atom. The van der Waals surface area contributed by atoms with E-state index < -0.39 is 12.8 Å². The van der Waals surface area contributed by atoms with Gasteiger partial charge in [0.05, 0.1) is 5.56 Å². The molecule has 1 aliphatic rings. The van der Waals surface area contributed by atoms with Crippen molar-refractivity contribution in [3.8, 4) is 5.88 Å². The van der Waals surface area contributed by atoms with E-state index in [0.29, 0.717) is 39.0 Å². The van der Waals surface area contributed by atoms with Crippen LogP contribution in [0.5, 0.6) is 5.88 Å². The lowest BCUT2D eigenvalue weighted by Gasteiger charge is -2.33. The van der Waals surface area contributed by atoms with Gasteiger partial charge in [-0.3, -0.25) is 9.59 Å². The molecule has 2 heterocycles. The SMILES string of the molecule is CCN(CC)C(=O)C1CCN(C(=O)c2cnc(OCC(F)(F)F)c(Cl)c2)CC1. The average molecular weight is 422 g/mol. The molecule has 0 saturated carbocycles. The molecule has 0 N–H and O–H groups in total. The van der Waals surface area contributed by atoms with Gasteiger partial charge in [-0.25, -0.2) is 4.98 Å². The van der Waals surface area contributed by atoms with Crippen molar-refractivity contribution >= 4 is 23.4 Å². The van der Waals surface area contributed by atoms with Crippen molar-refractivity contribution in [2.75, 3.05) is 32.8 Å². The van der Waals surface area contributed by atoms with Crippen LogP contribution in [0.15, 0.2) is 12.3 Å². The van der Waals surface area contributed by atoms with Gasteiger partial charge in [0.1, 0.15) is 5.02 Å². The normalized spacial score (nSPS) is 15.4. The highest BCUT2D eigenvalue weighted by Gasteiger charge is 2.31. The number of hydrogen-bond donors (Lipinski definition) is 0. The largest absolute Gasteiger partial charge is 0.467 e. The van der Waals surface area contributed by atoms with Gasteiger partial charge in [0.25, 0.3) is 5.91 Å². The summed E-state index contributed by atoms with van der Waals surface area (Å²) in [5, 5.41) is -0.165. The summed E-state index contributed by atoms with van der Waals surface area (Å²) in [7, 11) is 0. The molecule has 2 rings (SSSR count). The standard InChI is InChI=1S/C18H23ClF3N3O3/c1-3-24(4-2)16(26)12-5-7-25(8-6-12)17(27)13-9-14(19)15(23-10-13)28-11-18(20,21)22/h9-10,12H,3-8,11H2,1-2H3. The highest BCUT2D eigenvalue weighted by Crippen LogP contribution is 2.27. The maximum Gasteiger partial charge on any atom is 0.422 e. The van der Waals surface area contributed by atoms with E-state index >= 15 is 0 Å². The molecule has 2 amide bonds. The Morgan fingerprint density at radius 3 is 2.39 bits per heavy atom. The van der Waals surface area contributed by atoms with E-state index in [4.69, 9.17) is 11.6 Å². The fourth-order valence-electron chi connectivity index (χ4n) is 3.10. The minimum atomic E-state index is -4.51. The lowest BCUT2D eigenvalue weighted by molar-refractivity contribution is -0.154. The molecular formula is C18H23ClF3N3O3. The van der Waals surface area contributed by atoms with Crippen molar-refractivity contribution in [2.45, 2.75) is 32.9 Å². The monoisotopic (exact) mass is 421 g/mol. The molecule has 156 valence electrons. The number of rotatable bonds is 6. The topological polar surface area (TPSA) is 62.7 Å². The molecule has 0 atom stereocenters. The molecule has 1 saturated heterocycles. The van der Waals surface area contributed by atoms with Crippen molar-refractivity contribution in [1.29, 1.82) is 0 Å². The fourth-order valence-corrected chi connectivity index (χ4v) is 3.33. The summed E-state index contributed by atoms with van der Waals surface area (Å²) in [5.74, 6) is -0.707. The summed E-state index contributed by atoms with van der Waals surface area (Å²) in [6.07, 6.45) is -2.23. The second-order valence-electron chi connectivity index (χ2n) is 6.49. The van der Waals surface area contributed by atoms with Gasteiger partial charge in [0.15, 0.2) is 6.61 Å². The van der Waals surface area contributed by atoms with Crippen LogP contribution in [-0.4, -0.2) is 65.6 Å². The van der Waals surface area contributed by atoms with Crippen molar-refractivity contribution in [3.05, 3.63) is 22.8 Å². The third-order valence-electron chi connectivity index (χ3n) is 4.63. The van der Waals surface area contributed by atoms with Gasteiger partial charge in [0.2, 0.25) is 11.8 Å². The van der Waals surface area contributed by atoms with Crippen molar-refractivity contribution in [1.82, 2.24) is 14.8 Å². The molecule has 10 heteroatoms. The predicted octanol–water partition coefficient (Wildman–Crippen LogP) is 3.40. The molecule has 0 unspecified atom stereocenters. The van der Waals surface area contributed by atoms with Gasteiger partial charge in [-0.05, 0) is 32.8 Å². The van der Waals surface area contributed by atoms with E-state index in [1.54, 1.807) is 9.80 Å². The Labute approximate surface area is 166 Å². The third kappa shape index (κ3) is 5.73. The number of carbonyl (C=O) groups excluding carboxylic acids is 2. The Hall–Kier alpha value is -2.03. The molecule has 6 nitrogen and oxygen atoms in total. The Balaban J connectivity index is 1.96. The minimum Gasteiger partial charge on any atom is -0.467 e. The number of alkyl halides is 3. The molecule has 0 bridgehead atoms. The molecular weight excluding hydrogens is 399 g/mol. The number of nitrogens with zero attached hydrogens (tertiary/aromatic N) is 3. The zero-order valence-corrected chi connectivity index (χ0v) is 16.5. The van der Waals surface area contributed by atoms with E-state index in [-0.39, 0.29) is 34.2 Å². The molecule has 1 aromatic rings. The quantitative estimate of drug-likeness (QED) is 0.706. The van der Waals surface area contributed by atoms with E-state index in [9.17, 15) is 22.8 Å². The van der Waals surface area contributed by atoms with Crippen molar-refractivity contribution < 1.29 is 27.5 Å². The van der Waals surface area contributed by atoms with E-state index in [1.807, 2.05) is 13.8 Å². The molecule has 1 fully saturated rings. The first-order valence-electron chi connectivity index (χ1n) is 9.09. The van der Waals surface area contributed by atoms with Gasteiger partial charge in [0, 0.05) is 38.3 Å². The van der Waals surface area contributed by atoms with Crippen LogP contribution in [0, 0.1) is 5.92 Å². The summed E-state index contributed by atoms with van der Waals surface area (Å²) in [6, 6.07) is 1.25. The second-order valence-corrected chi connectivity index (χ2v) is 6.90. The van der Waals surface area contributed by atoms with E-state index in [1.165, 1.54) is 6.07 Å². The molecule has 1 aliphatic heterocycles. The number of carbonyl (C=O) groups is 2. The number of halogens is 4. The zero-order chi connectivity index (χ0) is 20.9. The number of aromatic nitrogens is 1. The van der Waals surface area contributed by atoms with Crippen LogP contribution in [0.1, 0.15) is 37.0 Å². The number of pyridine rings is 1. The smallest absolute Gasteiger partial charge is 0.422 e. The number of ether oxygens (including phenoxy) is 1. The van der Waals surface area contributed by atoms with Gasteiger partial charge < -0.3 is 14.5 Å². The van der Waals surface area contributed by atoms with Crippen LogP contribution >= 0.6 is 11.6 Å². The first-order chi connectivity index (χ1) is 13.2. The van der Waals surface area contributed by atoms with Crippen LogP contribution in [0.2, 0.25) is 5.02 Å². The number of likely N-dealkylation sites (tertiary alicyclic amines) is 1. The van der Waals surface area contributed by atoms with Crippen LogP contribution in [0.3, 0.4) is 0 Å². The molecule has 0 spiro atoms. The lowest BCUT2D eigenvalue weighted by atomic mass is 9.95. The molecule has 28 heavy (non-hydrogen) atoms. The maximum absolute atomic E-state index is 12.6. The van der Waals surface area contributed by atoms with Crippen molar-refractivity contribution in [2.24, 2.45) is 5.92 Å². The summed E-state index contributed by atoms with van der Waals surface area (Å²) >= 11 is 5.90. The fraction of sp³-hybridized carbons (Fsp3) is 0.611. The highest BCUT2D eigenvalue weighted by atomic mass is 35.5. The maximum atomic E-state index is 12.6. The average Bonchev–Trinajstić information content (AvgIpc) is 2.66. The first-order valence-corrected chi connectivity index (χ1v) is 9.47. The van der Waals surface area contributed by atoms with Crippen LogP contribution in [-0.2, 0) is 4.79 Å². The number of piperidine rings is 1. The van der Waals surface area contributed by atoms with Crippen LogP contribution in [0.25, 0.3) is 0 Å². The zero-order valence-electron chi connectivity index (χ0n) is 15.8. The van der Waals surface area contributed by atoms with Gasteiger partial charge in [-0.15, -0.1) is 0 Å². The summed E-state index contributed by atoms with van der Waals surface area (Å²) < 4.78 is 41.2. The highest BCUT2D eigenvalue weighted by molar-refractivity contribution is 6.32. The molecule has 0 aromatic carbocycles. The van der Waals surface area contributed by atoms with E-state index in [2.05, 4.69) is 9.72 Å². The van der Waals surface area contributed by atoms with Gasteiger partial charge in [-0.2, -0.15) is 13.2 Å². The minimum absolute atomic E-state index is 0.105. The first kappa shape index (κ1) is 22.3. The lowest BCUT2D eigenvalue weighted by Crippen LogP contribution is -2.44. The Kier molecular flexibility index (Phi) is 7.51. The third-order valence-corrected chi connectivity index (χ3v) is 4.90. The van der Waals surface area contributed by atoms with E-state index in [0.717, 1.165) is 6.20 Å². The predicted molar refractivity (Wildman–Crippen MR) is 97.4 cm³/mol. The summed E-state index contributed by atoms with van der Waals surface area (Å²) in [4.78, 5) is 32.1. The molecule has 1 aromatic heterocycles. The van der Waals surface area contributed by atoms with Gasteiger partial charge >= 0.3 is 6.18 Å². The molecule has 0 radical (unpaired) electrons. The van der Waals surface area contributed by atoms with Crippen LogP contribution in [0.4, 0.5) is 13.2 Å². The Morgan fingerprint density at radius 2 is 1.89 bits per heavy atom. The second kappa shape index (κ2) is 9.45. The van der Waals surface area contributed by atoms with Crippen LogP contribution < -0.4 is 4.74 Å². The van der Waals surface area contributed by atoms with Gasteiger partial charge in [-0.1, -0.05) is 11.6 Å². The Bertz CT molecular complexity index is 703. The van der Waals surface area contributed by atoms with Crippen molar-refractivity contribution in [3.63, 3.8) is 0 Å². The molecule has 0 aliphatic carbocycles. The summed E-state index contributed by atoms with van der Waals surface area (Å²) in [5.41, 5.74) is 0.165.